The molecule has 2 saturated heterocycles. The van der Waals surface area contributed by atoms with Crippen molar-refractivity contribution >= 4 is 5.91 Å². The van der Waals surface area contributed by atoms with Gasteiger partial charge in [-0.1, -0.05) is 26.7 Å². The molecule has 2 rings (SSSR count). The third-order valence-corrected chi connectivity index (χ3v) is 5.69. The minimum Gasteiger partial charge on any atom is -0.381 e. The molecule has 2 heterocycles. The van der Waals surface area contributed by atoms with Crippen molar-refractivity contribution in [1.82, 2.24) is 4.90 Å². The fourth-order valence-corrected chi connectivity index (χ4v) is 3.76. The van der Waals surface area contributed by atoms with E-state index in [1.54, 1.807) is 0 Å². The van der Waals surface area contributed by atoms with Gasteiger partial charge in [0.1, 0.15) is 0 Å². The molecule has 1 amide bonds. The molecule has 116 valence electrons. The second-order valence-electron chi connectivity index (χ2n) is 6.71. The summed E-state index contributed by atoms with van der Waals surface area (Å²) in [6.07, 6.45) is 9.05. The highest BCUT2D eigenvalue weighted by atomic mass is 16.5. The average Bonchev–Trinajstić information content (AvgIpc) is 2.90. The molecule has 0 aliphatic carbocycles. The van der Waals surface area contributed by atoms with Gasteiger partial charge in [0.05, 0.1) is 0 Å². The second-order valence-corrected chi connectivity index (χ2v) is 6.71. The first-order valence-electron chi connectivity index (χ1n) is 8.54. The van der Waals surface area contributed by atoms with E-state index in [-0.39, 0.29) is 0 Å². The molecule has 3 heteroatoms. The van der Waals surface area contributed by atoms with Crippen LogP contribution in [0.15, 0.2) is 0 Å². The van der Waals surface area contributed by atoms with E-state index in [0.717, 1.165) is 45.6 Å². The highest BCUT2D eigenvalue weighted by Crippen LogP contribution is 2.38. The van der Waals surface area contributed by atoms with E-state index in [1.165, 1.54) is 32.1 Å². The molecule has 3 nitrogen and oxygen atoms in total. The van der Waals surface area contributed by atoms with Crippen molar-refractivity contribution in [2.75, 3.05) is 26.3 Å². The smallest absolute Gasteiger partial charge is 0.222 e. The molecular formula is C17H31NO2. The van der Waals surface area contributed by atoms with Crippen molar-refractivity contribution in [1.29, 1.82) is 0 Å². The number of hydrogen-bond donors (Lipinski definition) is 0. The summed E-state index contributed by atoms with van der Waals surface area (Å²) in [5, 5.41) is 0. The molecular weight excluding hydrogens is 250 g/mol. The maximum Gasteiger partial charge on any atom is 0.222 e. The lowest BCUT2D eigenvalue weighted by Crippen LogP contribution is -2.33. The Hall–Kier alpha value is -0.570. The van der Waals surface area contributed by atoms with E-state index in [2.05, 4.69) is 18.7 Å². The number of amides is 1. The zero-order chi connectivity index (χ0) is 14.4. The monoisotopic (exact) mass is 281 g/mol. The third kappa shape index (κ3) is 3.97. The molecule has 2 aliphatic heterocycles. The van der Waals surface area contributed by atoms with Gasteiger partial charge in [0.15, 0.2) is 0 Å². The summed E-state index contributed by atoms with van der Waals surface area (Å²) in [5.74, 6) is 0.996. The Bertz CT molecular complexity index is 306. The van der Waals surface area contributed by atoms with E-state index in [4.69, 9.17) is 4.74 Å². The number of carbonyl (C=O) groups excluding carboxylic acids is 1. The van der Waals surface area contributed by atoms with Crippen molar-refractivity contribution in [3.8, 4) is 0 Å². The lowest BCUT2D eigenvalue weighted by Gasteiger charge is -2.30. The Morgan fingerprint density at radius 3 is 2.70 bits per heavy atom. The molecule has 1 atom stereocenters. The Morgan fingerprint density at radius 2 is 2.05 bits per heavy atom. The van der Waals surface area contributed by atoms with Gasteiger partial charge in [-0.15, -0.1) is 0 Å². The maximum atomic E-state index is 12.4. The number of hydrogen-bond acceptors (Lipinski definition) is 2. The van der Waals surface area contributed by atoms with Crippen molar-refractivity contribution in [3.63, 3.8) is 0 Å². The van der Waals surface area contributed by atoms with Gasteiger partial charge in [-0.2, -0.15) is 0 Å². The Kier molecular flexibility index (Phi) is 5.88. The summed E-state index contributed by atoms with van der Waals surface area (Å²) in [4.78, 5) is 14.5. The second kappa shape index (κ2) is 7.44. The van der Waals surface area contributed by atoms with Gasteiger partial charge in [-0.25, -0.2) is 0 Å². The van der Waals surface area contributed by atoms with E-state index in [9.17, 15) is 4.79 Å². The number of carbonyl (C=O) groups is 1. The highest BCUT2D eigenvalue weighted by molar-refractivity contribution is 5.76. The molecule has 2 fully saturated rings. The number of nitrogens with zero attached hydrogens (tertiary/aromatic N) is 1. The van der Waals surface area contributed by atoms with Crippen molar-refractivity contribution in [2.45, 2.75) is 65.2 Å². The molecule has 0 bridgehead atoms. The molecule has 0 N–H and O–H groups in total. The van der Waals surface area contributed by atoms with Crippen LogP contribution in [0.3, 0.4) is 0 Å². The predicted molar refractivity (Wildman–Crippen MR) is 81.6 cm³/mol. The maximum absolute atomic E-state index is 12.4. The van der Waals surface area contributed by atoms with Gasteiger partial charge in [-0.05, 0) is 43.4 Å². The van der Waals surface area contributed by atoms with Crippen LogP contribution in [0.1, 0.15) is 65.2 Å². The summed E-state index contributed by atoms with van der Waals surface area (Å²) in [5.41, 5.74) is 0.494. The number of ether oxygens (including phenoxy) is 1. The molecule has 0 aromatic heterocycles. The van der Waals surface area contributed by atoms with Gasteiger partial charge >= 0.3 is 0 Å². The van der Waals surface area contributed by atoms with Crippen LogP contribution in [-0.4, -0.2) is 37.1 Å². The van der Waals surface area contributed by atoms with Gasteiger partial charge in [0.25, 0.3) is 0 Å². The molecule has 0 aromatic rings. The van der Waals surface area contributed by atoms with Crippen LogP contribution in [0.4, 0.5) is 0 Å². The standard InChI is InChI=1S/C17H31NO2/c1-3-17(4-2)9-5-11-18(12-10-17)16(19)7-6-15-8-13-20-14-15/h15H,3-14H2,1-2H3/t15-/m1/s1. The third-order valence-electron chi connectivity index (χ3n) is 5.69. The molecule has 2 aliphatic rings. The fraction of sp³-hybridized carbons (Fsp3) is 0.941. The fourth-order valence-electron chi connectivity index (χ4n) is 3.76. The number of likely N-dealkylation sites (tertiary alicyclic amines) is 1. The Morgan fingerprint density at radius 1 is 1.25 bits per heavy atom. The van der Waals surface area contributed by atoms with Crippen molar-refractivity contribution in [3.05, 3.63) is 0 Å². The van der Waals surface area contributed by atoms with Crippen molar-refractivity contribution < 1.29 is 9.53 Å². The van der Waals surface area contributed by atoms with Crippen molar-refractivity contribution in [2.24, 2.45) is 11.3 Å². The van der Waals surface area contributed by atoms with Gasteiger partial charge in [0.2, 0.25) is 5.91 Å². The SMILES string of the molecule is CCC1(CC)CCCN(C(=O)CC[C@@H]2CCOC2)CC1. The van der Waals surface area contributed by atoms with Crippen LogP contribution in [0.25, 0.3) is 0 Å². The van der Waals surface area contributed by atoms with E-state index >= 15 is 0 Å². The Labute approximate surface area is 124 Å². The van der Waals surface area contributed by atoms with Crippen LogP contribution in [0.5, 0.6) is 0 Å². The summed E-state index contributed by atoms with van der Waals surface area (Å²) in [6, 6.07) is 0. The molecule has 0 unspecified atom stereocenters. The summed E-state index contributed by atoms with van der Waals surface area (Å²) in [6.45, 7) is 8.31. The summed E-state index contributed by atoms with van der Waals surface area (Å²) in [7, 11) is 0. The summed E-state index contributed by atoms with van der Waals surface area (Å²) >= 11 is 0. The zero-order valence-electron chi connectivity index (χ0n) is 13.3. The molecule has 0 saturated carbocycles. The zero-order valence-corrected chi connectivity index (χ0v) is 13.3. The summed E-state index contributed by atoms with van der Waals surface area (Å²) < 4.78 is 5.39. The first kappa shape index (κ1) is 15.8. The lowest BCUT2D eigenvalue weighted by molar-refractivity contribution is -0.131. The first-order chi connectivity index (χ1) is 9.69. The topological polar surface area (TPSA) is 29.5 Å². The van der Waals surface area contributed by atoms with Gasteiger partial charge in [-0.3, -0.25) is 4.79 Å². The lowest BCUT2D eigenvalue weighted by atomic mass is 9.76. The first-order valence-corrected chi connectivity index (χ1v) is 8.54. The van der Waals surface area contributed by atoms with E-state index in [1.807, 2.05) is 0 Å². The van der Waals surface area contributed by atoms with E-state index < -0.39 is 0 Å². The molecule has 0 radical (unpaired) electrons. The normalized spacial score (nSPS) is 26.5. The average molecular weight is 281 g/mol. The highest BCUT2D eigenvalue weighted by Gasteiger charge is 2.30. The van der Waals surface area contributed by atoms with Crippen LogP contribution in [0, 0.1) is 11.3 Å². The van der Waals surface area contributed by atoms with Crippen LogP contribution in [0.2, 0.25) is 0 Å². The molecule has 0 spiro atoms. The minimum atomic E-state index is 0.375. The van der Waals surface area contributed by atoms with Crippen LogP contribution >= 0.6 is 0 Å². The quantitative estimate of drug-likeness (QED) is 0.770. The molecule has 20 heavy (non-hydrogen) atoms. The predicted octanol–water partition coefficient (Wildman–Crippen LogP) is 3.62. The van der Waals surface area contributed by atoms with Gasteiger partial charge in [0, 0.05) is 32.7 Å². The Balaban J connectivity index is 1.78. The minimum absolute atomic E-state index is 0.375. The van der Waals surface area contributed by atoms with Crippen LogP contribution in [-0.2, 0) is 9.53 Å². The van der Waals surface area contributed by atoms with Gasteiger partial charge < -0.3 is 9.64 Å². The van der Waals surface area contributed by atoms with Crippen LogP contribution < -0.4 is 0 Å². The van der Waals surface area contributed by atoms with E-state index in [0.29, 0.717) is 17.2 Å². The molecule has 0 aromatic carbocycles. The largest absolute Gasteiger partial charge is 0.381 e. The number of rotatable bonds is 5.